The number of hydrogen-bond donors (Lipinski definition) is 2. The molecule has 0 aliphatic rings. The van der Waals surface area contributed by atoms with E-state index in [0.29, 0.717) is 16.9 Å². The number of aliphatic carboxylic acids is 1. The highest BCUT2D eigenvalue weighted by molar-refractivity contribution is 7.99. The molecule has 0 aliphatic heterocycles. The Hall–Kier alpha value is -1.69. The van der Waals surface area contributed by atoms with Crippen LogP contribution in [0.5, 0.6) is 0 Å². The number of benzene rings is 1. The third-order valence-corrected chi connectivity index (χ3v) is 2.97. The van der Waals surface area contributed by atoms with Gasteiger partial charge in [0.2, 0.25) is 0 Å². The predicted octanol–water partition coefficient (Wildman–Crippen LogP) is 1.69. The van der Waals surface area contributed by atoms with Crippen LogP contribution >= 0.6 is 11.8 Å². The number of H-pyrrole nitrogens is 1. The molecule has 0 saturated carbocycles. The lowest BCUT2D eigenvalue weighted by Crippen LogP contribution is -1.95. The topological polar surface area (TPSA) is 83.3 Å². The first kappa shape index (κ1) is 10.8. The SMILES string of the molecule is O=C(O)CCSc1ccc2[nH]c(=O)oc2c1. The van der Waals surface area contributed by atoms with Crippen LogP contribution in [0.2, 0.25) is 0 Å². The fraction of sp³-hybridized carbons (Fsp3) is 0.200. The van der Waals surface area contributed by atoms with Crippen LogP contribution in [0, 0.1) is 0 Å². The molecule has 1 aromatic heterocycles. The van der Waals surface area contributed by atoms with E-state index in [4.69, 9.17) is 9.52 Å². The highest BCUT2D eigenvalue weighted by atomic mass is 32.2. The molecule has 16 heavy (non-hydrogen) atoms. The Kier molecular flexibility index (Phi) is 3.00. The molecule has 1 heterocycles. The molecule has 6 heteroatoms. The van der Waals surface area contributed by atoms with Gasteiger partial charge in [-0.3, -0.25) is 9.78 Å². The van der Waals surface area contributed by atoms with E-state index in [9.17, 15) is 9.59 Å². The highest BCUT2D eigenvalue weighted by Gasteiger charge is 2.03. The van der Waals surface area contributed by atoms with Crippen molar-refractivity contribution in [3.63, 3.8) is 0 Å². The first-order valence-corrected chi connectivity index (χ1v) is 5.61. The summed E-state index contributed by atoms with van der Waals surface area (Å²) in [5.41, 5.74) is 1.14. The molecule has 0 saturated heterocycles. The van der Waals surface area contributed by atoms with Crippen molar-refractivity contribution in [3.05, 3.63) is 28.7 Å². The number of nitrogens with one attached hydrogen (secondary N) is 1. The summed E-state index contributed by atoms with van der Waals surface area (Å²) in [4.78, 5) is 24.6. The summed E-state index contributed by atoms with van der Waals surface area (Å²) >= 11 is 1.42. The van der Waals surface area contributed by atoms with E-state index in [-0.39, 0.29) is 6.42 Å². The molecule has 0 aliphatic carbocycles. The van der Waals surface area contributed by atoms with E-state index >= 15 is 0 Å². The molecule has 0 bridgehead atoms. The van der Waals surface area contributed by atoms with E-state index in [0.717, 1.165) is 4.90 Å². The Morgan fingerprint density at radius 1 is 1.50 bits per heavy atom. The Bertz CT molecular complexity index is 571. The van der Waals surface area contributed by atoms with Crippen molar-refractivity contribution in [1.82, 2.24) is 4.98 Å². The van der Waals surface area contributed by atoms with Gasteiger partial charge in [0.1, 0.15) is 0 Å². The van der Waals surface area contributed by atoms with Gasteiger partial charge in [-0.25, -0.2) is 4.79 Å². The van der Waals surface area contributed by atoms with E-state index in [2.05, 4.69) is 4.98 Å². The maximum Gasteiger partial charge on any atom is 0.417 e. The standard InChI is InChI=1S/C10H9NO4S/c12-9(13)3-4-16-6-1-2-7-8(5-6)15-10(14)11-7/h1-2,5H,3-4H2,(H,11,14)(H,12,13). The van der Waals surface area contributed by atoms with Gasteiger partial charge in [0.05, 0.1) is 11.9 Å². The Labute approximate surface area is 94.5 Å². The Morgan fingerprint density at radius 2 is 2.31 bits per heavy atom. The Morgan fingerprint density at radius 3 is 3.06 bits per heavy atom. The first-order chi connectivity index (χ1) is 7.65. The van der Waals surface area contributed by atoms with Crippen molar-refractivity contribution in [2.24, 2.45) is 0 Å². The van der Waals surface area contributed by atoms with Crippen LogP contribution in [0.4, 0.5) is 0 Å². The number of thioether (sulfide) groups is 1. The maximum atomic E-state index is 10.9. The minimum Gasteiger partial charge on any atom is -0.481 e. The molecule has 0 amide bonds. The van der Waals surface area contributed by atoms with E-state index in [1.807, 2.05) is 6.07 Å². The molecule has 0 fully saturated rings. The van der Waals surface area contributed by atoms with Gasteiger partial charge < -0.3 is 9.52 Å². The molecule has 0 unspecified atom stereocenters. The van der Waals surface area contributed by atoms with Crippen molar-refractivity contribution in [2.75, 3.05) is 5.75 Å². The number of aromatic nitrogens is 1. The number of oxazole rings is 1. The van der Waals surface area contributed by atoms with E-state index < -0.39 is 11.7 Å². The van der Waals surface area contributed by atoms with E-state index in [1.54, 1.807) is 12.1 Å². The van der Waals surface area contributed by atoms with Gasteiger partial charge in [0.15, 0.2) is 5.58 Å². The third kappa shape index (κ3) is 2.46. The lowest BCUT2D eigenvalue weighted by atomic mass is 10.3. The molecule has 0 atom stereocenters. The quantitative estimate of drug-likeness (QED) is 0.793. The molecule has 2 N–H and O–H groups in total. The summed E-state index contributed by atoms with van der Waals surface area (Å²) in [6.45, 7) is 0. The first-order valence-electron chi connectivity index (χ1n) is 4.62. The molecule has 2 rings (SSSR count). The Balaban J connectivity index is 2.13. The third-order valence-electron chi connectivity index (χ3n) is 1.98. The van der Waals surface area contributed by atoms with Crippen LogP contribution in [0.15, 0.2) is 32.3 Å². The average Bonchev–Trinajstić information content (AvgIpc) is 2.56. The fourth-order valence-electron chi connectivity index (χ4n) is 1.27. The average molecular weight is 239 g/mol. The molecule has 1 aromatic carbocycles. The summed E-state index contributed by atoms with van der Waals surface area (Å²) < 4.78 is 4.90. The molecule has 84 valence electrons. The van der Waals surface area contributed by atoms with Gasteiger partial charge in [0.25, 0.3) is 0 Å². The van der Waals surface area contributed by atoms with Crippen molar-refractivity contribution in [3.8, 4) is 0 Å². The summed E-state index contributed by atoms with van der Waals surface area (Å²) in [5.74, 6) is -0.806. The van der Waals surface area contributed by atoms with Gasteiger partial charge in [-0.2, -0.15) is 0 Å². The fourth-order valence-corrected chi connectivity index (χ4v) is 2.14. The summed E-state index contributed by atoms with van der Waals surface area (Å²) in [5, 5.41) is 8.49. The number of hydrogen-bond acceptors (Lipinski definition) is 4. The largest absolute Gasteiger partial charge is 0.481 e. The van der Waals surface area contributed by atoms with Crippen molar-refractivity contribution >= 4 is 28.8 Å². The predicted molar refractivity (Wildman–Crippen MR) is 59.8 cm³/mol. The van der Waals surface area contributed by atoms with Crippen LogP contribution < -0.4 is 5.76 Å². The van der Waals surface area contributed by atoms with Crippen LogP contribution in [0.3, 0.4) is 0 Å². The monoisotopic (exact) mass is 239 g/mol. The zero-order chi connectivity index (χ0) is 11.5. The minimum absolute atomic E-state index is 0.111. The summed E-state index contributed by atoms with van der Waals surface area (Å²) in [6, 6.07) is 5.28. The molecule has 0 spiro atoms. The second kappa shape index (κ2) is 4.44. The van der Waals surface area contributed by atoms with Crippen LogP contribution in [-0.2, 0) is 4.79 Å². The van der Waals surface area contributed by atoms with Gasteiger partial charge in [-0.1, -0.05) is 0 Å². The highest BCUT2D eigenvalue weighted by Crippen LogP contribution is 2.22. The molecule has 5 nitrogen and oxygen atoms in total. The normalized spacial score (nSPS) is 10.8. The number of aromatic amines is 1. The van der Waals surface area contributed by atoms with Gasteiger partial charge in [-0.05, 0) is 18.2 Å². The number of carbonyl (C=O) groups is 1. The van der Waals surface area contributed by atoms with Gasteiger partial charge in [0, 0.05) is 10.6 Å². The summed E-state index contributed by atoms with van der Waals surface area (Å²) in [6.07, 6.45) is 0.111. The molecular weight excluding hydrogens is 230 g/mol. The minimum atomic E-state index is -0.818. The van der Waals surface area contributed by atoms with E-state index in [1.165, 1.54) is 11.8 Å². The lowest BCUT2D eigenvalue weighted by Gasteiger charge is -1.98. The smallest absolute Gasteiger partial charge is 0.417 e. The van der Waals surface area contributed by atoms with Crippen LogP contribution in [-0.4, -0.2) is 21.8 Å². The zero-order valence-corrected chi connectivity index (χ0v) is 9.04. The summed E-state index contributed by atoms with van der Waals surface area (Å²) in [7, 11) is 0. The second-order valence-corrected chi connectivity index (χ2v) is 4.33. The van der Waals surface area contributed by atoms with Crippen LogP contribution in [0.1, 0.15) is 6.42 Å². The molecule has 2 aromatic rings. The maximum absolute atomic E-state index is 10.9. The zero-order valence-electron chi connectivity index (χ0n) is 8.23. The molecule has 0 radical (unpaired) electrons. The van der Waals surface area contributed by atoms with Crippen LogP contribution in [0.25, 0.3) is 11.1 Å². The number of rotatable bonds is 4. The molecular formula is C10H9NO4S. The van der Waals surface area contributed by atoms with Crippen molar-refractivity contribution in [2.45, 2.75) is 11.3 Å². The number of carboxylic acid groups (broad SMARTS) is 1. The second-order valence-electron chi connectivity index (χ2n) is 3.16. The van der Waals surface area contributed by atoms with Crippen molar-refractivity contribution in [1.29, 1.82) is 0 Å². The van der Waals surface area contributed by atoms with Gasteiger partial charge in [-0.15, -0.1) is 11.8 Å². The number of carboxylic acids is 1. The number of fused-ring (bicyclic) bond motifs is 1. The lowest BCUT2D eigenvalue weighted by molar-refractivity contribution is -0.136. The van der Waals surface area contributed by atoms with Gasteiger partial charge >= 0.3 is 11.7 Å². The van der Waals surface area contributed by atoms with Crippen molar-refractivity contribution < 1.29 is 14.3 Å².